The number of aryl methyl sites for hydroxylation is 2. The number of nitrogens with two attached hydrogens (primary N) is 1. The van der Waals surface area contributed by atoms with Gasteiger partial charge in [-0.05, 0) is 31.5 Å². The molecule has 18 heavy (non-hydrogen) atoms. The van der Waals surface area contributed by atoms with Crippen LogP contribution in [-0.2, 0) is 0 Å². The molecule has 0 spiro atoms. The largest absolute Gasteiger partial charge is 0.382 e. The molecule has 90 valence electrons. The Hall–Kier alpha value is -1.93. The summed E-state index contributed by atoms with van der Waals surface area (Å²) in [6.45, 7) is 3.76. The van der Waals surface area contributed by atoms with Crippen LogP contribution in [0.15, 0.2) is 22.7 Å². The number of aromatic nitrogens is 2. The molecule has 0 amide bonds. The zero-order valence-electron chi connectivity index (χ0n) is 10.0. The van der Waals surface area contributed by atoms with Crippen LogP contribution < -0.4 is 5.73 Å². The van der Waals surface area contributed by atoms with Crippen LogP contribution in [0.25, 0.3) is 11.4 Å². The van der Waals surface area contributed by atoms with Gasteiger partial charge in [-0.15, -0.1) is 0 Å². The molecule has 0 unspecified atom stereocenters. The van der Waals surface area contributed by atoms with Crippen molar-refractivity contribution < 1.29 is 0 Å². The fraction of sp³-hybridized carbons (Fsp3) is 0.154. The molecule has 0 saturated carbocycles. The van der Waals surface area contributed by atoms with Crippen molar-refractivity contribution in [1.82, 2.24) is 9.97 Å². The Labute approximate surface area is 114 Å². The van der Waals surface area contributed by atoms with E-state index in [-0.39, 0.29) is 5.82 Å². The van der Waals surface area contributed by atoms with Crippen LogP contribution >= 0.6 is 15.9 Å². The number of benzene rings is 1. The van der Waals surface area contributed by atoms with E-state index < -0.39 is 0 Å². The van der Waals surface area contributed by atoms with Crippen LogP contribution in [0.5, 0.6) is 0 Å². The van der Waals surface area contributed by atoms with E-state index in [2.05, 4.69) is 25.9 Å². The van der Waals surface area contributed by atoms with Crippen LogP contribution in [0.2, 0.25) is 0 Å². The molecule has 1 aromatic carbocycles. The first-order valence-electron chi connectivity index (χ1n) is 5.33. The van der Waals surface area contributed by atoms with E-state index >= 15 is 0 Å². The highest BCUT2D eigenvalue weighted by atomic mass is 79.9. The lowest BCUT2D eigenvalue weighted by atomic mass is 10.1. The average molecular weight is 303 g/mol. The summed E-state index contributed by atoms with van der Waals surface area (Å²) >= 11 is 3.48. The third kappa shape index (κ3) is 2.20. The van der Waals surface area contributed by atoms with Gasteiger partial charge in [0, 0.05) is 10.0 Å². The molecule has 5 heteroatoms. The number of hydrogen-bond acceptors (Lipinski definition) is 4. The van der Waals surface area contributed by atoms with Gasteiger partial charge in [0.2, 0.25) is 0 Å². The number of nitrogen functional groups attached to an aromatic ring is 1. The van der Waals surface area contributed by atoms with E-state index in [1.54, 1.807) is 6.92 Å². The number of hydrogen-bond donors (Lipinski definition) is 1. The lowest BCUT2D eigenvalue weighted by Gasteiger charge is -2.07. The molecule has 0 aliphatic heterocycles. The molecular weight excluding hydrogens is 292 g/mol. The summed E-state index contributed by atoms with van der Waals surface area (Å²) in [6, 6.07) is 7.90. The lowest BCUT2D eigenvalue weighted by Crippen LogP contribution is -2.03. The Morgan fingerprint density at radius 2 is 2.00 bits per heavy atom. The van der Waals surface area contributed by atoms with Gasteiger partial charge in [0.25, 0.3) is 0 Å². The van der Waals surface area contributed by atoms with E-state index in [1.807, 2.05) is 31.2 Å². The van der Waals surface area contributed by atoms with E-state index in [1.165, 1.54) is 0 Å². The van der Waals surface area contributed by atoms with E-state index in [0.29, 0.717) is 17.1 Å². The number of halogens is 1. The number of anilines is 1. The molecule has 0 aliphatic carbocycles. The van der Waals surface area contributed by atoms with Gasteiger partial charge in [0.1, 0.15) is 17.5 Å². The first-order chi connectivity index (χ1) is 8.52. The number of rotatable bonds is 1. The van der Waals surface area contributed by atoms with Gasteiger partial charge in [-0.25, -0.2) is 9.97 Å². The van der Waals surface area contributed by atoms with E-state index in [0.717, 1.165) is 15.6 Å². The first kappa shape index (κ1) is 12.5. The third-order valence-corrected chi connectivity index (χ3v) is 3.25. The minimum absolute atomic E-state index is 0.215. The Morgan fingerprint density at radius 1 is 1.28 bits per heavy atom. The Balaban J connectivity index is 2.63. The monoisotopic (exact) mass is 302 g/mol. The topological polar surface area (TPSA) is 75.6 Å². The van der Waals surface area contributed by atoms with Crippen molar-refractivity contribution in [3.8, 4) is 17.5 Å². The molecule has 2 rings (SSSR count). The second kappa shape index (κ2) is 4.75. The normalized spacial score (nSPS) is 10.1. The van der Waals surface area contributed by atoms with Crippen molar-refractivity contribution in [2.45, 2.75) is 13.8 Å². The Bertz CT molecular complexity index is 636. The summed E-state index contributed by atoms with van der Waals surface area (Å²) in [7, 11) is 0. The van der Waals surface area contributed by atoms with Gasteiger partial charge >= 0.3 is 0 Å². The fourth-order valence-corrected chi connectivity index (χ4v) is 2.33. The minimum Gasteiger partial charge on any atom is -0.382 e. The molecule has 2 N–H and O–H groups in total. The highest BCUT2D eigenvalue weighted by Crippen LogP contribution is 2.28. The molecule has 0 radical (unpaired) electrons. The standard InChI is InChI=1S/C13H11BrN4/c1-7-3-4-9(11(14)5-7)13-17-8(2)10(6-15)12(16)18-13/h3-5H,1-2H3,(H2,16,17,18). The van der Waals surface area contributed by atoms with Gasteiger partial charge in [0.15, 0.2) is 5.82 Å². The van der Waals surface area contributed by atoms with Crippen LogP contribution in [0, 0.1) is 25.2 Å². The van der Waals surface area contributed by atoms with Gasteiger partial charge in [-0.1, -0.05) is 22.0 Å². The van der Waals surface area contributed by atoms with Crippen LogP contribution in [0.1, 0.15) is 16.8 Å². The van der Waals surface area contributed by atoms with Crippen molar-refractivity contribution in [3.05, 3.63) is 39.5 Å². The molecule has 1 aromatic heterocycles. The maximum Gasteiger partial charge on any atom is 0.162 e. The highest BCUT2D eigenvalue weighted by Gasteiger charge is 2.12. The van der Waals surface area contributed by atoms with Crippen molar-refractivity contribution in [3.63, 3.8) is 0 Å². The summed E-state index contributed by atoms with van der Waals surface area (Å²) in [5.74, 6) is 0.739. The van der Waals surface area contributed by atoms with Gasteiger partial charge < -0.3 is 5.73 Å². The minimum atomic E-state index is 0.215. The zero-order chi connectivity index (χ0) is 13.3. The molecule has 0 atom stereocenters. The summed E-state index contributed by atoms with van der Waals surface area (Å²) in [5.41, 5.74) is 8.69. The quantitative estimate of drug-likeness (QED) is 0.878. The summed E-state index contributed by atoms with van der Waals surface area (Å²) in [6.07, 6.45) is 0. The van der Waals surface area contributed by atoms with Gasteiger partial charge in [-0.3, -0.25) is 0 Å². The SMILES string of the molecule is Cc1ccc(-c2nc(C)c(C#N)c(N)n2)c(Br)c1. The molecule has 0 fully saturated rings. The van der Waals surface area contributed by atoms with Crippen LogP contribution in [-0.4, -0.2) is 9.97 Å². The number of nitriles is 1. The smallest absolute Gasteiger partial charge is 0.162 e. The van der Waals surface area contributed by atoms with Gasteiger partial charge in [0.05, 0.1) is 5.69 Å². The Kier molecular flexibility index (Phi) is 3.30. The molecular formula is C13H11BrN4. The van der Waals surface area contributed by atoms with Crippen LogP contribution in [0.4, 0.5) is 5.82 Å². The maximum absolute atomic E-state index is 8.93. The summed E-state index contributed by atoms with van der Waals surface area (Å²) in [4.78, 5) is 8.50. The van der Waals surface area contributed by atoms with E-state index in [9.17, 15) is 0 Å². The summed E-state index contributed by atoms with van der Waals surface area (Å²) in [5, 5.41) is 8.93. The predicted octanol–water partition coefficient (Wildman–Crippen LogP) is 2.98. The third-order valence-electron chi connectivity index (χ3n) is 2.60. The van der Waals surface area contributed by atoms with Gasteiger partial charge in [-0.2, -0.15) is 5.26 Å². The average Bonchev–Trinajstić information content (AvgIpc) is 2.28. The summed E-state index contributed by atoms with van der Waals surface area (Å²) < 4.78 is 0.908. The van der Waals surface area contributed by atoms with Crippen LogP contribution in [0.3, 0.4) is 0 Å². The molecule has 1 heterocycles. The van der Waals surface area contributed by atoms with Crippen molar-refractivity contribution >= 4 is 21.7 Å². The maximum atomic E-state index is 8.93. The first-order valence-corrected chi connectivity index (χ1v) is 6.13. The van der Waals surface area contributed by atoms with Crippen molar-refractivity contribution in [1.29, 1.82) is 5.26 Å². The molecule has 0 saturated heterocycles. The Morgan fingerprint density at radius 3 is 2.56 bits per heavy atom. The molecule has 0 aliphatic rings. The molecule has 0 bridgehead atoms. The van der Waals surface area contributed by atoms with Crippen molar-refractivity contribution in [2.24, 2.45) is 0 Å². The molecule has 2 aromatic rings. The highest BCUT2D eigenvalue weighted by molar-refractivity contribution is 9.10. The predicted molar refractivity (Wildman–Crippen MR) is 73.8 cm³/mol. The molecule has 4 nitrogen and oxygen atoms in total. The van der Waals surface area contributed by atoms with E-state index in [4.69, 9.17) is 11.0 Å². The second-order valence-electron chi connectivity index (χ2n) is 3.99. The zero-order valence-corrected chi connectivity index (χ0v) is 11.6. The second-order valence-corrected chi connectivity index (χ2v) is 4.84. The number of nitrogens with zero attached hydrogens (tertiary/aromatic N) is 3. The fourth-order valence-electron chi connectivity index (χ4n) is 1.66. The lowest BCUT2D eigenvalue weighted by molar-refractivity contribution is 1.10. The van der Waals surface area contributed by atoms with Crippen molar-refractivity contribution in [2.75, 3.05) is 5.73 Å².